The van der Waals surface area contributed by atoms with Gasteiger partial charge in [-0.1, -0.05) is 26.0 Å². The molecule has 1 heterocycles. The van der Waals surface area contributed by atoms with Gasteiger partial charge in [-0.05, 0) is 47.7 Å². The van der Waals surface area contributed by atoms with Gasteiger partial charge in [-0.2, -0.15) is 4.72 Å². The molecular formula is C23H29N3O4S. The van der Waals surface area contributed by atoms with Crippen LogP contribution in [0.5, 0.6) is 11.5 Å². The summed E-state index contributed by atoms with van der Waals surface area (Å²) in [4.78, 5) is 4.59. The van der Waals surface area contributed by atoms with Crippen LogP contribution in [0.1, 0.15) is 49.2 Å². The highest BCUT2D eigenvalue weighted by Crippen LogP contribution is 2.31. The summed E-state index contributed by atoms with van der Waals surface area (Å²) in [5, 5.41) is 0. The minimum absolute atomic E-state index is 0.202. The van der Waals surface area contributed by atoms with Gasteiger partial charge in [0.2, 0.25) is 10.0 Å². The van der Waals surface area contributed by atoms with Gasteiger partial charge in [0.15, 0.2) is 0 Å². The van der Waals surface area contributed by atoms with Crippen molar-refractivity contribution in [2.24, 2.45) is 7.05 Å². The molecule has 31 heavy (non-hydrogen) atoms. The number of aromatic nitrogens is 2. The zero-order valence-electron chi connectivity index (χ0n) is 18.5. The van der Waals surface area contributed by atoms with Gasteiger partial charge in [0, 0.05) is 25.5 Å². The number of hydrogen-bond acceptors (Lipinski definition) is 5. The summed E-state index contributed by atoms with van der Waals surface area (Å²) >= 11 is 0. The van der Waals surface area contributed by atoms with Crippen LogP contribution in [0.15, 0.2) is 59.8 Å². The molecule has 1 N–H and O–H groups in total. The van der Waals surface area contributed by atoms with Gasteiger partial charge in [0.05, 0.1) is 19.1 Å². The molecular weight excluding hydrogens is 414 g/mol. The lowest BCUT2D eigenvalue weighted by Crippen LogP contribution is -2.31. The molecule has 2 aromatic carbocycles. The first-order chi connectivity index (χ1) is 14.8. The average Bonchev–Trinajstić information content (AvgIpc) is 3.22. The second-order valence-corrected chi connectivity index (χ2v) is 9.19. The first-order valence-electron chi connectivity index (χ1n) is 10.1. The Hall–Kier alpha value is -2.84. The smallest absolute Gasteiger partial charge is 0.241 e. The van der Waals surface area contributed by atoms with Gasteiger partial charge < -0.3 is 14.0 Å². The number of aryl methyl sites for hydroxylation is 1. The van der Waals surface area contributed by atoms with E-state index in [1.807, 2.05) is 19.2 Å². The fourth-order valence-corrected chi connectivity index (χ4v) is 4.54. The quantitative estimate of drug-likeness (QED) is 0.540. The fraction of sp³-hybridized carbons (Fsp3) is 0.348. The van der Waals surface area contributed by atoms with Crippen molar-refractivity contribution in [3.8, 4) is 11.5 Å². The molecule has 0 bridgehead atoms. The predicted molar refractivity (Wildman–Crippen MR) is 120 cm³/mol. The highest BCUT2D eigenvalue weighted by Gasteiger charge is 2.27. The third-order valence-corrected chi connectivity index (χ3v) is 6.91. The lowest BCUT2D eigenvalue weighted by molar-refractivity contribution is 0.392. The molecule has 0 radical (unpaired) electrons. The number of benzene rings is 2. The maximum Gasteiger partial charge on any atom is 0.241 e. The Morgan fingerprint density at radius 1 is 1.03 bits per heavy atom. The van der Waals surface area contributed by atoms with E-state index in [0.29, 0.717) is 28.8 Å². The third kappa shape index (κ3) is 5.08. The summed E-state index contributed by atoms with van der Waals surface area (Å²) in [6, 6.07) is 11.6. The first kappa shape index (κ1) is 22.8. The second-order valence-electron chi connectivity index (χ2n) is 7.47. The van der Waals surface area contributed by atoms with Crippen LogP contribution in [0.3, 0.4) is 0 Å². The molecule has 0 aliphatic carbocycles. The van der Waals surface area contributed by atoms with Crippen LogP contribution in [-0.2, 0) is 17.1 Å². The van der Waals surface area contributed by atoms with Crippen LogP contribution in [0, 0.1) is 0 Å². The first-order valence-corrected chi connectivity index (χ1v) is 11.6. The topological polar surface area (TPSA) is 82.5 Å². The largest absolute Gasteiger partial charge is 0.497 e. The monoisotopic (exact) mass is 443 g/mol. The maximum atomic E-state index is 13.3. The Kier molecular flexibility index (Phi) is 7.02. The number of ether oxygens (including phenoxy) is 2. The fourth-order valence-electron chi connectivity index (χ4n) is 3.36. The molecule has 1 aromatic heterocycles. The van der Waals surface area contributed by atoms with Crippen molar-refractivity contribution < 1.29 is 17.9 Å². The van der Waals surface area contributed by atoms with E-state index in [1.54, 1.807) is 61.5 Å². The zero-order valence-corrected chi connectivity index (χ0v) is 19.3. The van der Waals surface area contributed by atoms with Gasteiger partial charge in [0.1, 0.15) is 23.4 Å². The Balaban J connectivity index is 2.03. The molecule has 0 aliphatic rings. The highest BCUT2D eigenvalue weighted by atomic mass is 32.2. The number of sulfonamides is 1. The van der Waals surface area contributed by atoms with E-state index in [-0.39, 0.29) is 4.90 Å². The van der Waals surface area contributed by atoms with E-state index in [9.17, 15) is 8.42 Å². The molecule has 0 saturated heterocycles. The molecule has 0 saturated carbocycles. The van der Waals surface area contributed by atoms with Gasteiger partial charge >= 0.3 is 0 Å². The summed E-state index contributed by atoms with van der Waals surface area (Å²) < 4.78 is 41.9. The Bertz CT molecular complexity index is 1100. The van der Waals surface area contributed by atoms with Crippen LogP contribution in [0.25, 0.3) is 0 Å². The summed E-state index contributed by atoms with van der Waals surface area (Å²) in [6.45, 7) is 4.23. The van der Waals surface area contributed by atoms with Crippen LogP contribution in [0.2, 0.25) is 0 Å². The average molecular weight is 444 g/mol. The SMILES string of the molecule is CC[C@@H](C)c1ccc(S(=O)(=O)N[C@H](c2cc(OC)cc(OC)c2)c2nccn2C)cc1. The predicted octanol–water partition coefficient (Wildman–Crippen LogP) is 4.02. The second kappa shape index (κ2) is 9.53. The number of rotatable bonds is 9. The summed E-state index contributed by atoms with van der Waals surface area (Å²) in [5.74, 6) is 2.04. The molecule has 0 aliphatic heterocycles. The minimum Gasteiger partial charge on any atom is -0.497 e. The zero-order chi connectivity index (χ0) is 22.6. The van der Waals surface area contributed by atoms with Gasteiger partial charge in [-0.3, -0.25) is 0 Å². The Morgan fingerprint density at radius 2 is 1.65 bits per heavy atom. The van der Waals surface area contributed by atoms with Crippen molar-refractivity contribution in [1.29, 1.82) is 0 Å². The molecule has 0 amide bonds. The van der Waals surface area contributed by atoms with Gasteiger partial charge in [-0.25, -0.2) is 13.4 Å². The molecule has 2 atom stereocenters. The van der Waals surface area contributed by atoms with E-state index < -0.39 is 16.1 Å². The molecule has 7 nitrogen and oxygen atoms in total. The van der Waals surface area contributed by atoms with E-state index >= 15 is 0 Å². The molecule has 3 rings (SSSR count). The molecule has 8 heteroatoms. The molecule has 0 fully saturated rings. The summed E-state index contributed by atoms with van der Waals surface area (Å²) in [6.07, 6.45) is 4.40. The van der Waals surface area contributed by atoms with Crippen LogP contribution in [0.4, 0.5) is 0 Å². The number of imidazole rings is 1. The number of nitrogens with zero attached hydrogens (tertiary/aromatic N) is 2. The maximum absolute atomic E-state index is 13.3. The van der Waals surface area contributed by atoms with E-state index in [2.05, 4.69) is 23.6 Å². The third-order valence-electron chi connectivity index (χ3n) is 5.47. The number of hydrogen-bond donors (Lipinski definition) is 1. The van der Waals surface area contributed by atoms with Crippen molar-refractivity contribution in [3.05, 3.63) is 71.8 Å². The van der Waals surface area contributed by atoms with Crippen molar-refractivity contribution in [2.45, 2.75) is 37.1 Å². The normalized spacial score (nSPS) is 13.6. The lowest BCUT2D eigenvalue weighted by Gasteiger charge is -2.21. The molecule has 3 aromatic rings. The minimum atomic E-state index is -3.82. The van der Waals surface area contributed by atoms with Gasteiger partial charge in [0.25, 0.3) is 0 Å². The molecule has 0 unspecified atom stereocenters. The van der Waals surface area contributed by atoms with Crippen molar-refractivity contribution in [1.82, 2.24) is 14.3 Å². The van der Waals surface area contributed by atoms with Crippen molar-refractivity contribution in [3.63, 3.8) is 0 Å². The van der Waals surface area contributed by atoms with E-state index in [0.717, 1.165) is 12.0 Å². The highest BCUT2D eigenvalue weighted by molar-refractivity contribution is 7.89. The van der Waals surface area contributed by atoms with E-state index in [1.165, 1.54) is 0 Å². The number of methoxy groups -OCH3 is 2. The van der Waals surface area contributed by atoms with Crippen LogP contribution < -0.4 is 14.2 Å². The van der Waals surface area contributed by atoms with Crippen molar-refractivity contribution >= 4 is 10.0 Å². The molecule has 166 valence electrons. The van der Waals surface area contributed by atoms with Crippen LogP contribution in [-0.4, -0.2) is 32.2 Å². The Labute approximate surface area is 184 Å². The standard InChI is InChI=1S/C23H29N3O4S/c1-6-16(2)17-7-9-21(10-8-17)31(27,28)25-22(23-24-11-12-26(23)3)18-13-19(29-4)15-20(14-18)30-5/h7-16,22,25H,6H2,1-5H3/t16-,22-/m1/s1. The summed E-state index contributed by atoms with van der Waals surface area (Å²) in [7, 11) is 1.10. The Morgan fingerprint density at radius 3 is 2.13 bits per heavy atom. The van der Waals surface area contributed by atoms with Gasteiger partial charge in [-0.15, -0.1) is 0 Å². The van der Waals surface area contributed by atoms with E-state index in [4.69, 9.17) is 9.47 Å². The van der Waals surface area contributed by atoms with Crippen LogP contribution >= 0.6 is 0 Å². The summed E-state index contributed by atoms with van der Waals surface area (Å²) in [5.41, 5.74) is 1.77. The van der Waals surface area contributed by atoms with Crippen molar-refractivity contribution in [2.75, 3.05) is 14.2 Å². The molecule has 0 spiro atoms. The number of nitrogens with one attached hydrogen (secondary N) is 1. The lowest BCUT2D eigenvalue weighted by atomic mass is 9.99.